The molecule has 1 aliphatic rings. The standard InChI is InChI=1S/C37H52N6O4/c1-37(2,3)20-21-43(39-24-27-14-8-5-9-15-27)25-33(44)31(22-26-12-6-4-7-13-26)41-36(47)32(23-34(38)45)42-35(46)30-19-18-28-16-10-11-17-29(28)40-30/h4,6-7,10-13,16-19,27,31-33,39,44H,5,8-9,14-15,20-25H2,1-3H3,(H2,38,45)(H,41,47)(H,42,46)/t31?,32-,33?/m0/s1. The molecule has 4 rings (SSSR count). The van der Waals surface area contributed by atoms with E-state index in [1.54, 1.807) is 18.2 Å². The Bertz CT molecular complexity index is 1450. The number of hydrogen-bond acceptors (Lipinski definition) is 7. The molecule has 1 aliphatic carbocycles. The van der Waals surface area contributed by atoms with Crippen LogP contribution < -0.4 is 21.8 Å². The van der Waals surface area contributed by atoms with Crippen molar-refractivity contribution in [3.05, 3.63) is 78.0 Å². The lowest BCUT2D eigenvalue weighted by molar-refractivity contribution is -0.128. The van der Waals surface area contributed by atoms with E-state index in [9.17, 15) is 19.5 Å². The van der Waals surface area contributed by atoms with Crippen LogP contribution in [0.2, 0.25) is 0 Å². The van der Waals surface area contributed by atoms with Crippen molar-refractivity contribution in [3.8, 4) is 0 Å². The fourth-order valence-corrected chi connectivity index (χ4v) is 5.98. The molecule has 0 spiro atoms. The Kier molecular flexibility index (Phi) is 13.3. The summed E-state index contributed by atoms with van der Waals surface area (Å²) in [6.45, 7) is 8.46. The Balaban J connectivity index is 1.50. The SMILES string of the molecule is CC(C)(C)CCN(CC(O)C(Cc1ccccc1)NC(=O)[C@H](CC(N)=O)NC(=O)c1ccc2ccccc2n1)NCC1CCCCC1. The van der Waals surface area contributed by atoms with E-state index >= 15 is 0 Å². The third-order valence-corrected chi connectivity index (χ3v) is 8.82. The monoisotopic (exact) mass is 644 g/mol. The highest BCUT2D eigenvalue weighted by molar-refractivity contribution is 5.99. The first-order valence-corrected chi connectivity index (χ1v) is 16.9. The van der Waals surface area contributed by atoms with Crippen LogP contribution in [0.15, 0.2) is 66.7 Å². The Hall–Kier alpha value is -3.86. The zero-order chi connectivity index (χ0) is 33.8. The molecule has 0 saturated heterocycles. The van der Waals surface area contributed by atoms with Gasteiger partial charge in [-0.25, -0.2) is 9.99 Å². The minimum absolute atomic E-state index is 0.105. The Morgan fingerprint density at radius 3 is 2.36 bits per heavy atom. The first kappa shape index (κ1) is 36.0. The van der Waals surface area contributed by atoms with Gasteiger partial charge in [-0.05, 0) is 54.7 Å². The average Bonchev–Trinajstić information content (AvgIpc) is 3.05. The number of hydrazine groups is 1. The number of nitrogens with one attached hydrogen (secondary N) is 3. The maximum Gasteiger partial charge on any atom is 0.270 e. The van der Waals surface area contributed by atoms with E-state index in [4.69, 9.17) is 5.73 Å². The molecule has 0 aliphatic heterocycles. The summed E-state index contributed by atoms with van der Waals surface area (Å²) in [7, 11) is 0. The van der Waals surface area contributed by atoms with Crippen molar-refractivity contribution in [2.24, 2.45) is 17.1 Å². The van der Waals surface area contributed by atoms with Crippen LogP contribution in [0.5, 0.6) is 0 Å². The number of aromatic nitrogens is 1. The summed E-state index contributed by atoms with van der Waals surface area (Å²) < 4.78 is 0. The van der Waals surface area contributed by atoms with E-state index in [0.717, 1.165) is 30.5 Å². The number of carbonyl (C=O) groups excluding carboxylic acids is 3. The summed E-state index contributed by atoms with van der Waals surface area (Å²) in [6, 6.07) is 18.4. The van der Waals surface area contributed by atoms with Crippen molar-refractivity contribution in [1.29, 1.82) is 0 Å². The number of fused-ring (bicyclic) bond motifs is 1. The number of amides is 3. The number of primary amides is 1. The van der Waals surface area contributed by atoms with E-state index in [-0.39, 0.29) is 17.7 Å². The third kappa shape index (κ3) is 12.0. The number of aliphatic hydroxyl groups excluding tert-OH is 1. The van der Waals surface area contributed by atoms with Gasteiger partial charge in [0.2, 0.25) is 11.8 Å². The van der Waals surface area contributed by atoms with Gasteiger partial charge in [-0.2, -0.15) is 0 Å². The van der Waals surface area contributed by atoms with Gasteiger partial charge in [0, 0.05) is 25.0 Å². The molecule has 1 fully saturated rings. The van der Waals surface area contributed by atoms with E-state index in [0.29, 0.717) is 17.9 Å². The molecule has 0 bridgehead atoms. The van der Waals surface area contributed by atoms with Crippen molar-refractivity contribution in [1.82, 2.24) is 26.1 Å². The van der Waals surface area contributed by atoms with Crippen LogP contribution in [0.4, 0.5) is 0 Å². The van der Waals surface area contributed by atoms with Gasteiger partial charge in [-0.3, -0.25) is 19.8 Å². The van der Waals surface area contributed by atoms with Gasteiger partial charge in [0.15, 0.2) is 0 Å². The number of carbonyl (C=O) groups is 3. The second-order valence-corrected chi connectivity index (χ2v) is 14.1. The molecule has 0 radical (unpaired) electrons. The van der Waals surface area contributed by atoms with Gasteiger partial charge in [0.05, 0.1) is 24.1 Å². The van der Waals surface area contributed by atoms with Gasteiger partial charge in [-0.15, -0.1) is 0 Å². The van der Waals surface area contributed by atoms with E-state index in [1.165, 1.54) is 32.1 Å². The van der Waals surface area contributed by atoms with Crippen LogP contribution in [0.25, 0.3) is 10.9 Å². The summed E-state index contributed by atoms with van der Waals surface area (Å²) in [5.74, 6) is -1.34. The van der Waals surface area contributed by atoms with Crippen LogP contribution in [0.1, 0.15) is 81.8 Å². The largest absolute Gasteiger partial charge is 0.390 e. The molecule has 2 aromatic carbocycles. The molecular weight excluding hydrogens is 592 g/mol. The van der Waals surface area contributed by atoms with Gasteiger partial charge in [-0.1, -0.05) is 94.6 Å². The van der Waals surface area contributed by atoms with E-state index in [2.05, 4.69) is 46.8 Å². The molecule has 1 heterocycles. The number of aliphatic hydroxyl groups is 1. The van der Waals surface area contributed by atoms with Crippen molar-refractivity contribution >= 4 is 28.6 Å². The van der Waals surface area contributed by atoms with Gasteiger partial charge < -0.3 is 21.5 Å². The van der Waals surface area contributed by atoms with Crippen LogP contribution in [0.3, 0.4) is 0 Å². The minimum Gasteiger partial charge on any atom is -0.390 e. The number of hydrogen-bond donors (Lipinski definition) is 5. The average molecular weight is 645 g/mol. The van der Waals surface area contributed by atoms with Crippen LogP contribution >= 0.6 is 0 Å². The Labute approximate surface area is 278 Å². The predicted molar refractivity (Wildman–Crippen MR) is 185 cm³/mol. The molecular formula is C37H52N6O4. The summed E-state index contributed by atoms with van der Waals surface area (Å²) in [4.78, 5) is 43.4. The highest BCUT2D eigenvalue weighted by Crippen LogP contribution is 2.23. The summed E-state index contributed by atoms with van der Waals surface area (Å²) >= 11 is 0. The summed E-state index contributed by atoms with van der Waals surface area (Å²) in [6.07, 6.45) is 6.12. The number of nitrogens with two attached hydrogens (primary N) is 1. The van der Waals surface area contributed by atoms with Crippen LogP contribution in [-0.4, -0.2) is 70.6 Å². The maximum atomic E-state index is 13.7. The molecule has 47 heavy (non-hydrogen) atoms. The number of rotatable bonds is 16. The molecule has 254 valence electrons. The van der Waals surface area contributed by atoms with Gasteiger partial charge in [0.25, 0.3) is 5.91 Å². The second-order valence-electron chi connectivity index (χ2n) is 14.1. The van der Waals surface area contributed by atoms with Crippen molar-refractivity contribution < 1.29 is 19.5 Å². The zero-order valence-electron chi connectivity index (χ0n) is 28.1. The molecule has 3 aromatic rings. The van der Waals surface area contributed by atoms with Crippen molar-refractivity contribution in [3.63, 3.8) is 0 Å². The number of nitrogens with zero attached hydrogens (tertiary/aromatic N) is 2. The molecule has 3 atom stereocenters. The Morgan fingerprint density at radius 1 is 0.957 bits per heavy atom. The van der Waals surface area contributed by atoms with Gasteiger partial charge in [0.1, 0.15) is 11.7 Å². The fourth-order valence-electron chi connectivity index (χ4n) is 5.98. The lowest BCUT2D eigenvalue weighted by Gasteiger charge is -2.34. The highest BCUT2D eigenvalue weighted by atomic mass is 16.3. The third-order valence-electron chi connectivity index (χ3n) is 8.82. The lowest BCUT2D eigenvalue weighted by atomic mass is 9.89. The first-order valence-electron chi connectivity index (χ1n) is 16.9. The maximum absolute atomic E-state index is 13.7. The second kappa shape index (κ2) is 17.3. The fraction of sp³-hybridized carbons (Fsp3) is 0.514. The molecule has 1 saturated carbocycles. The Morgan fingerprint density at radius 2 is 1.66 bits per heavy atom. The number of pyridine rings is 1. The normalized spacial score (nSPS) is 16.0. The zero-order valence-corrected chi connectivity index (χ0v) is 28.1. The van der Waals surface area contributed by atoms with Crippen LogP contribution in [-0.2, 0) is 16.0 Å². The molecule has 3 amide bonds. The molecule has 10 heteroatoms. The molecule has 6 N–H and O–H groups in total. The molecule has 10 nitrogen and oxygen atoms in total. The lowest BCUT2D eigenvalue weighted by Crippen LogP contribution is -2.57. The first-order chi connectivity index (χ1) is 22.5. The van der Waals surface area contributed by atoms with E-state index < -0.39 is 42.3 Å². The summed E-state index contributed by atoms with van der Waals surface area (Å²) in [5, 5.41) is 20.3. The van der Waals surface area contributed by atoms with E-state index in [1.807, 2.05) is 48.5 Å². The van der Waals surface area contributed by atoms with Crippen molar-refractivity contribution in [2.45, 2.75) is 90.3 Å². The quantitative estimate of drug-likeness (QED) is 0.147. The molecule has 1 aromatic heterocycles. The smallest absolute Gasteiger partial charge is 0.270 e. The van der Waals surface area contributed by atoms with Crippen molar-refractivity contribution in [2.75, 3.05) is 19.6 Å². The van der Waals surface area contributed by atoms with Crippen LogP contribution in [0, 0.1) is 11.3 Å². The van der Waals surface area contributed by atoms with Gasteiger partial charge >= 0.3 is 0 Å². The number of para-hydroxylation sites is 1. The topological polar surface area (TPSA) is 150 Å². The summed E-state index contributed by atoms with van der Waals surface area (Å²) in [5.41, 5.74) is 10.9. The molecule has 2 unspecified atom stereocenters. The highest BCUT2D eigenvalue weighted by Gasteiger charge is 2.30. The predicted octanol–water partition coefficient (Wildman–Crippen LogP) is 4.12. The minimum atomic E-state index is -1.25. The number of benzene rings is 2.